The Balaban J connectivity index is 2.23. The number of ketones is 1. The number of rotatable bonds is 2. The Morgan fingerprint density at radius 3 is 3.00 bits per heavy atom. The van der Waals surface area contributed by atoms with Crippen molar-refractivity contribution in [3.8, 4) is 0 Å². The van der Waals surface area contributed by atoms with E-state index in [4.69, 9.17) is 23.2 Å². The molecule has 15 heavy (non-hydrogen) atoms. The van der Waals surface area contributed by atoms with Gasteiger partial charge in [-0.25, -0.2) is 0 Å². The summed E-state index contributed by atoms with van der Waals surface area (Å²) in [5, 5.41) is 2.70. The van der Waals surface area contributed by atoms with E-state index in [-0.39, 0.29) is 17.6 Å². The third kappa shape index (κ3) is 1.82. The van der Waals surface area contributed by atoms with Crippen molar-refractivity contribution in [1.82, 2.24) is 5.32 Å². The van der Waals surface area contributed by atoms with E-state index in [0.29, 0.717) is 12.8 Å². The number of carbonyl (C=O) groups excluding carboxylic acids is 2. The van der Waals surface area contributed by atoms with Crippen LogP contribution in [0.3, 0.4) is 0 Å². The van der Waals surface area contributed by atoms with E-state index in [2.05, 4.69) is 5.32 Å². The molecule has 0 fully saturated rings. The highest BCUT2D eigenvalue weighted by atomic mass is 35.5. The largest absolute Gasteiger partial charge is 0.326 e. The Hall–Kier alpha value is -0.800. The van der Waals surface area contributed by atoms with Gasteiger partial charge in [0.1, 0.15) is 4.87 Å². The SMILES string of the molecule is O=C1CC2=C(C=CC(Cl)(C(=O)CCl)C2)N1. The van der Waals surface area contributed by atoms with Gasteiger partial charge >= 0.3 is 0 Å². The predicted molar refractivity (Wildman–Crippen MR) is 57.9 cm³/mol. The first-order valence-electron chi connectivity index (χ1n) is 4.54. The predicted octanol–water partition coefficient (Wildman–Crippen LogP) is 1.51. The van der Waals surface area contributed by atoms with Crippen molar-refractivity contribution in [2.45, 2.75) is 17.7 Å². The standard InChI is InChI=1S/C10H9Cl2NO2/c11-5-8(14)10(12)2-1-7-6(4-10)3-9(15)13-7/h1-2H,3-5H2,(H,13,15). The molecular weight excluding hydrogens is 237 g/mol. The number of allylic oxidation sites excluding steroid dienone is 2. The number of halogens is 2. The number of hydrogen-bond acceptors (Lipinski definition) is 2. The van der Waals surface area contributed by atoms with E-state index in [1.54, 1.807) is 12.2 Å². The average Bonchev–Trinajstić information content (AvgIpc) is 2.56. The molecule has 0 spiro atoms. The number of hydrogen-bond donors (Lipinski definition) is 1. The van der Waals surface area contributed by atoms with Gasteiger partial charge in [0, 0.05) is 12.1 Å². The van der Waals surface area contributed by atoms with Crippen LogP contribution in [0.25, 0.3) is 0 Å². The summed E-state index contributed by atoms with van der Waals surface area (Å²) >= 11 is 11.6. The van der Waals surface area contributed by atoms with Crippen molar-refractivity contribution >= 4 is 34.9 Å². The lowest BCUT2D eigenvalue weighted by molar-refractivity contribution is -0.119. The molecule has 0 aromatic carbocycles. The Morgan fingerprint density at radius 2 is 2.33 bits per heavy atom. The summed E-state index contributed by atoms with van der Waals surface area (Å²) in [5.41, 5.74) is 1.66. The van der Waals surface area contributed by atoms with Crippen LogP contribution in [0.15, 0.2) is 23.4 Å². The van der Waals surface area contributed by atoms with Crippen LogP contribution in [0.2, 0.25) is 0 Å². The number of alkyl halides is 2. The lowest BCUT2D eigenvalue weighted by atomic mass is 9.89. The molecule has 1 N–H and O–H groups in total. The number of carbonyl (C=O) groups is 2. The molecule has 5 heteroatoms. The molecule has 0 saturated heterocycles. The molecule has 0 aromatic heterocycles. The van der Waals surface area contributed by atoms with Gasteiger partial charge in [0.25, 0.3) is 0 Å². The van der Waals surface area contributed by atoms with Crippen molar-refractivity contribution in [3.05, 3.63) is 23.4 Å². The van der Waals surface area contributed by atoms with Crippen molar-refractivity contribution in [2.24, 2.45) is 0 Å². The third-order valence-electron chi connectivity index (χ3n) is 2.60. The number of nitrogens with one attached hydrogen (secondary N) is 1. The minimum Gasteiger partial charge on any atom is -0.326 e. The molecule has 80 valence electrons. The lowest BCUT2D eigenvalue weighted by Gasteiger charge is -2.24. The molecule has 0 aromatic rings. The van der Waals surface area contributed by atoms with E-state index in [1.807, 2.05) is 0 Å². The van der Waals surface area contributed by atoms with Gasteiger partial charge in [-0.15, -0.1) is 23.2 Å². The third-order valence-corrected chi connectivity index (χ3v) is 3.31. The molecule has 0 saturated carbocycles. The molecule has 1 unspecified atom stereocenters. The zero-order valence-electron chi connectivity index (χ0n) is 7.85. The number of Topliss-reactive ketones (excluding diaryl/α,β-unsaturated/α-hetero) is 1. The average molecular weight is 246 g/mol. The van der Waals surface area contributed by atoms with Crippen LogP contribution in [-0.2, 0) is 9.59 Å². The van der Waals surface area contributed by atoms with Crippen molar-refractivity contribution in [2.75, 3.05) is 5.88 Å². The van der Waals surface area contributed by atoms with Crippen molar-refractivity contribution in [1.29, 1.82) is 0 Å². The monoisotopic (exact) mass is 245 g/mol. The fourth-order valence-corrected chi connectivity index (χ4v) is 2.37. The van der Waals surface area contributed by atoms with Gasteiger partial charge in [0.15, 0.2) is 5.78 Å². The summed E-state index contributed by atoms with van der Waals surface area (Å²) < 4.78 is 0. The molecule has 1 atom stereocenters. The molecule has 0 radical (unpaired) electrons. The van der Waals surface area contributed by atoms with Gasteiger partial charge in [-0.3, -0.25) is 9.59 Å². The normalized spacial score (nSPS) is 29.1. The maximum absolute atomic E-state index is 11.5. The van der Waals surface area contributed by atoms with Crippen LogP contribution >= 0.6 is 23.2 Å². The second kappa shape index (κ2) is 3.65. The summed E-state index contributed by atoms with van der Waals surface area (Å²) in [6, 6.07) is 0. The van der Waals surface area contributed by atoms with Crippen molar-refractivity contribution < 1.29 is 9.59 Å². The van der Waals surface area contributed by atoms with Crippen LogP contribution in [0, 0.1) is 0 Å². The van der Waals surface area contributed by atoms with Gasteiger partial charge < -0.3 is 5.32 Å². The van der Waals surface area contributed by atoms with Crippen LogP contribution in [0.1, 0.15) is 12.8 Å². The van der Waals surface area contributed by atoms with E-state index >= 15 is 0 Å². The minimum absolute atomic E-state index is 0.0520. The van der Waals surface area contributed by atoms with Crippen LogP contribution in [0.4, 0.5) is 0 Å². The van der Waals surface area contributed by atoms with Gasteiger partial charge in [-0.2, -0.15) is 0 Å². The molecule has 1 heterocycles. The van der Waals surface area contributed by atoms with Crippen LogP contribution < -0.4 is 5.32 Å². The van der Waals surface area contributed by atoms with E-state index in [1.165, 1.54) is 0 Å². The van der Waals surface area contributed by atoms with Crippen LogP contribution in [-0.4, -0.2) is 22.4 Å². The quantitative estimate of drug-likeness (QED) is 0.750. The highest BCUT2D eigenvalue weighted by molar-refractivity contribution is 6.42. The zero-order valence-corrected chi connectivity index (χ0v) is 9.36. The topological polar surface area (TPSA) is 46.2 Å². The summed E-state index contributed by atoms with van der Waals surface area (Å²) in [6.07, 6.45) is 3.97. The van der Waals surface area contributed by atoms with Gasteiger partial charge in [-0.1, -0.05) is 6.08 Å². The van der Waals surface area contributed by atoms with E-state index in [0.717, 1.165) is 11.3 Å². The molecule has 0 bridgehead atoms. The number of amides is 1. The Labute approximate surface area is 97.1 Å². The Kier molecular flexibility index (Phi) is 2.61. The Bertz CT molecular complexity index is 400. The maximum Gasteiger partial charge on any atom is 0.228 e. The summed E-state index contributed by atoms with van der Waals surface area (Å²) in [7, 11) is 0. The first kappa shape index (κ1) is 10.7. The summed E-state index contributed by atoms with van der Waals surface area (Å²) in [4.78, 5) is 21.6. The highest BCUT2D eigenvalue weighted by Crippen LogP contribution is 2.36. The smallest absolute Gasteiger partial charge is 0.228 e. The van der Waals surface area contributed by atoms with Gasteiger partial charge in [0.05, 0.1) is 12.3 Å². The first-order valence-corrected chi connectivity index (χ1v) is 5.46. The summed E-state index contributed by atoms with van der Waals surface area (Å²) in [5.74, 6) is -0.394. The fourth-order valence-electron chi connectivity index (χ4n) is 1.78. The second-order valence-electron chi connectivity index (χ2n) is 3.67. The Morgan fingerprint density at radius 1 is 1.60 bits per heavy atom. The second-order valence-corrected chi connectivity index (χ2v) is 4.61. The molecule has 1 amide bonds. The molecule has 2 aliphatic rings. The molecule has 1 aliphatic heterocycles. The first-order chi connectivity index (χ1) is 7.05. The van der Waals surface area contributed by atoms with Gasteiger partial charge in [-0.05, 0) is 11.6 Å². The molecule has 3 nitrogen and oxygen atoms in total. The fraction of sp³-hybridized carbons (Fsp3) is 0.400. The highest BCUT2D eigenvalue weighted by Gasteiger charge is 2.38. The molecular formula is C10H9Cl2NO2. The van der Waals surface area contributed by atoms with E-state index < -0.39 is 4.87 Å². The van der Waals surface area contributed by atoms with Gasteiger partial charge in [0.2, 0.25) is 5.91 Å². The van der Waals surface area contributed by atoms with E-state index in [9.17, 15) is 9.59 Å². The van der Waals surface area contributed by atoms with Crippen LogP contribution in [0.5, 0.6) is 0 Å². The maximum atomic E-state index is 11.5. The zero-order chi connectivity index (χ0) is 11.1. The molecule has 2 rings (SSSR count). The summed E-state index contributed by atoms with van der Waals surface area (Å²) in [6.45, 7) is 0. The van der Waals surface area contributed by atoms with Crippen molar-refractivity contribution in [3.63, 3.8) is 0 Å². The molecule has 1 aliphatic carbocycles. The minimum atomic E-state index is -1.06. The lowest BCUT2D eigenvalue weighted by Crippen LogP contribution is -2.33.